The van der Waals surface area contributed by atoms with Gasteiger partial charge in [-0.3, -0.25) is 0 Å². The van der Waals surface area contributed by atoms with E-state index in [9.17, 15) is 5.11 Å². The van der Waals surface area contributed by atoms with Gasteiger partial charge in [-0.1, -0.05) is 6.07 Å². The Morgan fingerprint density at radius 1 is 1.53 bits per heavy atom. The quantitative estimate of drug-likeness (QED) is 0.905. The van der Waals surface area contributed by atoms with Crippen molar-refractivity contribution in [1.29, 1.82) is 0 Å². The van der Waals surface area contributed by atoms with Gasteiger partial charge < -0.3 is 10.0 Å². The van der Waals surface area contributed by atoms with Gasteiger partial charge in [-0.25, -0.2) is 4.98 Å². The zero-order valence-corrected chi connectivity index (χ0v) is 13.4. The molecule has 0 amide bonds. The molecule has 2 aromatic heterocycles. The summed E-state index contributed by atoms with van der Waals surface area (Å²) in [6.07, 6.45) is 2.75. The minimum absolute atomic E-state index is 0.00215. The van der Waals surface area contributed by atoms with Crippen LogP contribution in [0.4, 0.5) is 5.82 Å². The van der Waals surface area contributed by atoms with E-state index in [1.54, 1.807) is 17.5 Å². The van der Waals surface area contributed by atoms with Crippen molar-refractivity contribution in [2.24, 2.45) is 0 Å². The highest BCUT2D eigenvalue weighted by atomic mass is 79.9. The van der Waals surface area contributed by atoms with Crippen LogP contribution in [-0.2, 0) is 13.0 Å². The number of anilines is 1. The Morgan fingerprint density at radius 3 is 2.95 bits per heavy atom. The molecule has 0 aliphatic carbocycles. The molecule has 0 bridgehead atoms. The summed E-state index contributed by atoms with van der Waals surface area (Å²) in [5.74, 6) is 0.842. The van der Waals surface area contributed by atoms with Crippen LogP contribution in [0, 0.1) is 0 Å². The molecule has 5 heteroatoms. The monoisotopic (exact) mass is 340 g/mol. The molecule has 0 aromatic carbocycles. The van der Waals surface area contributed by atoms with Crippen molar-refractivity contribution in [1.82, 2.24) is 4.98 Å². The van der Waals surface area contributed by atoms with Gasteiger partial charge in [-0.2, -0.15) is 0 Å². The Balaban J connectivity index is 2.16. The number of thiophene rings is 1. The minimum Gasteiger partial charge on any atom is -0.392 e. The van der Waals surface area contributed by atoms with Crippen LogP contribution in [0.5, 0.6) is 0 Å². The van der Waals surface area contributed by atoms with E-state index in [1.807, 2.05) is 13.1 Å². The fraction of sp³-hybridized carbons (Fsp3) is 0.357. The van der Waals surface area contributed by atoms with Crippen molar-refractivity contribution in [2.45, 2.75) is 26.0 Å². The molecule has 0 spiro atoms. The number of aliphatic hydroxyl groups excluding tert-OH is 1. The molecule has 0 saturated carbocycles. The van der Waals surface area contributed by atoms with Gasteiger partial charge in [0.05, 0.1) is 6.61 Å². The molecule has 1 unspecified atom stereocenters. The zero-order valence-electron chi connectivity index (χ0n) is 11.0. The first-order chi connectivity index (χ1) is 9.11. The van der Waals surface area contributed by atoms with Crippen LogP contribution in [0.15, 0.2) is 34.2 Å². The van der Waals surface area contributed by atoms with Crippen molar-refractivity contribution < 1.29 is 5.11 Å². The summed E-state index contributed by atoms with van der Waals surface area (Å²) in [5.41, 5.74) is 0.843. The van der Waals surface area contributed by atoms with Gasteiger partial charge in [0.2, 0.25) is 0 Å². The van der Waals surface area contributed by atoms with E-state index >= 15 is 0 Å². The lowest BCUT2D eigenvalue weighted by atomic mass is 10.1. The minimum atomic E-state index is -0.00215. The third kappa shape index (κ3) is 3.55. The molecule has 2 rings (SSSR count). The van der Waals surface area contributed by atoms with Crippen molar-refractivity contribution in [3.8, 4) is 0 Å². The molecule has 0 aliphatic heterocycles. The number of aliphatic hydroxyl groups is 1. The maximum atomic E-state index is 9.44. The highest BCUT2D eigenvalue weighted by molar-refractivity contribution is 9.10. The maximum Gasteiger partial charge on any atom is 0.134 e. The number of hydrogen-bond donors (Lipinski definition) is 1. The first kappa shape index (κ1) is 14.5. The van der Waals surface area contributed by atoms with Crippen LogP contribution in [0.1, 0.15) is 17.4 Å². The largest absolute Gasteiger partial charge is 0.392 e. The van der Waals surface area contributed by atoms with Gasteiger partial charge in [-0.15, -0.1) is 11.3 Å². The number of halogens is 1. The Labute approximate surface area is 126 Å². The number of likely N-dealkylation sites (N-methyl/N-ethyl adjacent to an activating group) is 1. The molecule has 3 nitrogen and oxygen atoms in total. The summed E-state index contributed by atoms with van der Waals surface area (Å²) in [6.45, 7) is 2.17. The summed E-state index contributed by atoms with van der Waals surface area (Å²) >= 11 is 5.15. The van der Waals surface area contributed by atoms with Gasteiger partial charge in [0.1, 0.15) is 5.82 Å². The number of rotatable bonds is 5. The molecular formula is C14H17BrN2OS. The topological polar surface area (TPSA) is 36.4 Å². The standard InChI is InChI=1S/C14H17BrN2OS/c1-10(6-13-4-3-5-19-13)17(2)14-11(9-18)7-12(15)8-16-14/h3-5,7-8,10,18H,6,9H2,1-2H3. The SMILES string of the molecule is CC(Cc1cccs1)N(C)c1ncc(Br)cc1CO. The smallest absolute Gasteiger partial charge is 0.134 e. The van der Waals surface area contributed by atoms with Crippen molar-refractivity contribution in [3.63, 3.8) is 0 Å². The second-order valence-electron chi connectivity index (χ2n) is 4.54. The van der Waals surface area contributed by atoms with Crippen LogP contribution in [-0.4, -0.2) is 23.2 Å². The average molecular weight is 341 g/mol. The summed E-state index contributed by atoms with van der Waals surface area (Å²) in [7, 11) is 2.02. The predicted molar refractivity (Wildman–Crippen MR) is 83.7 cm³/mol. The molecule has 1 atom stereocenters. The van der Waals surface area contributed by atoms with Gasteiger partial charge in [0.25, 0.3) is 0 Å². The van der Waals surface area contributed by atoms with Crippen molar-refractivity contribution in [3.05, 3.63) is 44.7 Å². The van der Waals surface area contributed by atoms with E-state index in [0.717, 1.165) is 22.3 Å². The number of pyridine rings is 1. The lowest BCUT2D eigenvalue weighted by Gasteiger charge is -2.27. The molecule has 0 aliphatic rings. The predicted octanol–water partition coefficient (Wildman–Crippen LogP) is 3.47. The molecule has 19 heavy (non-hydrogen) atoms. The van der Waals surface area contributed by atoms with Gasteiger partial charge >= 0.3 is 0 Å². The Bertz CT molecular complexity index is 530. The summed E-state index contributed by atoms with van der Waals surface area (Å²) in [5, 5.41) is 11.5. The van der Waals surface area contributed by atoms with Crippen LogP contribution < -0.4 is 4.90 Å². The van der Waals surface area contributed by atoms with Gasteiger partial charge in [0, 0.05) is 40.6 Å². The number of aromatic nitrogens is 1. The Hall–Kier alpha value is -0.910. The Kier molecular flexibility index (Phi) is 4.96. The molecule has 0 fully saturated rings. The van der Waals surface area contributed by atoms with E-state index in [-0.39, 0.29) is 6.61 Å². The van der Waals surface area contributed by atoms with Crippen molar-refractivity contribution in [2.75, 3.05) is 11.9 Å². The Morgan fingerprint density at radius 2 is 2.32 bits per heavy atom. The molecule has 2 aromatic rings. The van der Waals surface area contributed by atoms with E-state index in [4.69, 9.17) is 0 Å². The van der Waals surface area contributed by atoms with Crippen LogP contribution in [0.25, 0.3) is 0 Å². The highest BCUT2D eigenvalue weighted by Crippen LogP contribution is 2.24. The molecule has 1 N–H and O–H groups in total. The zero-order chi connectivity index (χ0) is 13.8. The average Bonchev–Trinajstić information content (AvgIpc) is 2.90. The maximum absolute atomic E-state index is 9.44. The van der Waals surface area contributed by atoms with Gasteiger partial charge in [-0.05, 0) is 40.4 Å². The van der Waals surface area contributed by atoms with Crippen LogP contribution >= 0.6 is 27.3 Å². The fourth-order valence-electron chi connectivity index (χ4n) is 1.97. The third-order valence-corrected chi connectivity index (χ3v) is 4.48. The summed E-state index contributed by atoms with van der Waals surface area (Å²) < 4.78 is 0.889. The molecule has 0 radical (unpaired) electrons. The first-order valence-corrected chi connectivity index (χ1v) is 7.79. The molecular weight excluding hydrogens is 324 g/mol. The lowest BCUT2D eigenvalue weighted by molar-refractivity contribution is 0.281. The molecule has 102 valence electrons. The second-order valence-corrected chi connectivity index (χ2v) is 6.49. The number of hydrogen-bond acceptors (Lipinski definition) is 4. The van der Waals surface area contributed by atoms with E-state index in [1.165, 1.54) is 4.88 Å². The van der Waals surface area contributed by atoms with E-state index < -0.39 is 0 Å². The normalized spacial score (nSPS) is 12.4. The highest BCUT2D eigenvalue weighted by Gasteiger charge is 2.16. The fourth-order valence-corrected chi connectivity index (χ4v) is 3.18. The second kappa shape index (κ2) is 6.50. The lowest BCUT2D eigenvalue weighted by Crippen LogP contribution is -2.32. The van der Waals surface area contributed by atoms with Gasteiger partial charge in [0.15, 0.2) is 0 Å². The molecule has 2 heterocycles. The van der Waals surface area contributed by atoms with Crippen LogP contribution in [0.3, 0.4) is 0 Å². The first-order valence-electron chi connectivity index (χ1n) is 6.12. The summed E-state index contributed by atoms with van der Waals surface area (Å²) in [4.78, 5) is 7.91. The molecule has 0 saturated heterocycles. The van der Waals surface area contributed by atoms with E-state index in [0.29, 0.717) is 6.04 Å². The third-order valence-electron chi connectivity index (χ3n) is 3.15. The van der Waals surface area contributed by atoms with Crippen LogP contribution in [0.2, 0.25) is 0 Å². The van der Waals surface area contributed by atoms with E-state index in [2.05, 4.69) is 50.3 Å². The number of nitrogens with zero attached hydrogens (tertiary/aromatic N) is 2. The summed E-state index contributed by atoms with van der Waals surface area (Å²) in [6, 6.07) is 6.47. The van der Waals surface area contributed by atoms with Crippen molar-refractivity contribution >= 4 is 33.1 Å².